The van der Waals surface area contributed by atoms with Gasteiger partial charge in [0.2, 0.25) is 5.91 Å². The molecule has 0 aliphatic rings. The standard InChI is InChI=1S/C24H20N2O2/c25-23(27)22(15-19-10-5-9-17-7-3-4-11-21(17)19)26-24(28)20-13-12-16-6-1-2-8-18(16)14-20/h1-14,22H,15H2,(H2,25,27)(H,26,28)/t22-/m1/s1. The molecule has 4 nitrogen and oxygen atoms in total. The van der Waals surface area contributed by atoms with Crippen LogP contribution in [0.3, 0.4) is 0 Å². The molecule has 2 amide bonds. The second-order valence-electron chi connectivity index (χ2n) is 6.83. The van der Waals surface area contributed by atoms with Crippen LogP contribution in [0.25, 0.3) is 21.5 Å². The van der Waals surface area contributed by atoms with E-state index in [2.05, 4.69) is 5.32 Å². The normalized spacial score (nSPS) is 12.0. The summed E-state index contributed by atoms with van der Waals surface area (Å²) in [5.41, 5.74) is 7.07. The lowest BCUT2D eigenvalue weighted by Crippen LogP contribution is -2.45. The van der Waals surface area contributed by atoms with Crippen LogP contribution in [-0.2, 0) is 11.2 Å². The first-order valence-electron chi connectivity index (χ1n) is 9.17. The number of primary amides is 1. The number of carbonyl (C=O) groups excluding carboxylic acids is 2. The minimum absolute atomic E-state index is 0.310. The van der Waals surface area contributed by atoms with Crippen LogP contribution in [0.5, 0.6) is 0 Å². The van der Waals surface area contributed by atoms with Crippen LogP contribution < -0.4 is 11.1 Å². The molecule has 4 aromatic carbocycles. The zero-order chi connectivity index (χ0) is 19.5. The predicted octanol–water partition coefficient (Wildman–Crippen LogP) is 3.82. The van der Waals surface area contributed by atoms with Gasteiger partial charge in [-0.1, -0.05) is 72.8 Å². The highest BCUT2D eigenvalue weighted by Gasteiger charge is 2.20. The first-order chi connectivity index (χ1) is 13.6. The van der Waals surface area contributed by atoms with Gasteiger partial charge in [-0.25, -0.2) is 0 Å². The van der Waals surface area contributed by atoms with Crippen molar-refractivity contribution in [2.75, 3.05) is 0 Å². The summed E-state index contributed by atoms with van der Waals surface area (Å²) in [5.74, 6) is -0.864. The molecule has 0 fully saturated rings. The molecule has 0 heterocycles. The molecule has 4 aromatic rings. The lowest BCUT2D eigenvalue weighted by molar-refractivity contribution is -0.119. The van der Waals surface area contributed by atoms with Crippen molar-refractivity contribution >= 4 is 33.4 Å². The van der Waals surface area contributed by atoms with Crippen molar-refractivity contribution in [1.29, 1.82) is 0 Å². The molecule has 3 N–H and O–H groups in total. The third-order valence-electron chi connectivity index (χ3n) is 4.96. The van der Waals surface area contributed by atoms with Crippen molar-refractivity contribution in [3.8, 4) is 0 Å². The molecular weight excluding hydrogens is 348 g/mol. The lowest BCUT2D eigenvalue weighted by atomic mass is 9.98. The van der Waals surface area contributed by atoms with Gasteiger partial charge in [0.25, 0.3) is 5.91 Å². The molecule has 1 atom stereocenters. The Bertz CT molecular complexity index is 1180. The second kappa shape index (κ2) is 7.53. The van der Waals surface area contributed by atoms with Crippen LogP contribution in [0.15, 0.2) is 84.9 Å². The topological polar surface area (TPSA) is 72.2 Å². The molecule has 4 rings (SSSR count). The molecule has 0 unspecified atom stereocenters. The quantitative estimate of drug-likeness (QED) is 0.562. The molecule has 0 aliphatic carbocycles. The van der Waals surface area contributed by atoms with E-state index in [1.807, 2.05) is 78.9 Å². The summed E-state index contributed by atoms with van der Waals surface area (Å²) >= 11 is 0. The molecule has 0 spiro atoms. The van der Waals surface area contributed by atoms with Gasteiger partial charge in [0, 0.05) is 12.0 Å². The van der Waals surface area contributed by atoms with E-state index in [9.17, 15) is 9.59 Å². The van der Waals surface area contributed by atoms with E-state index in [0.717, 1.165) is 27.1 Å². The smallest absolute Gasteiger partial charge is 0.251 e. The lowest BCUT2D eigenvalue weighted by Gasteiger charge is -2.17. The number of hydrogen-bond acceptors (Lipinski definition) is 2. The number of benzene rings is 4. The van der Waals surface area contributed by atoms with Crippen LogP contribution in [0.1, 0.15) is 15.9 Å². The van der Waals surface area contributed by atoms with E-state index in [0.29, 0.717) is 12.0 Å². The Labute approximate surface area is 163 Å². The maximum Gasteiger partial charge on any atom is 0.251 e. The Kier molecular flexibility index (Phi) is 4.77. The Morgan fingerprint density at radius 1 is 0.786 bits per heavy atom. The molecule has 28 heavy (non-hydrogen) atoms. The Morgan fingerprint density at radius 2 is 1.46 bits per heavy atom. The van der Waals surface area contributed by atoms with Crippen molar-refractivity contribution < 1.29 is 9.59 Å². The van der Waals surface area contributed by atoms with Crippen LogP contribution in [0.4, 0.5) is 0 Å². The SMILES string of the molecule is NC(=O)[C@@H](Cc1cccc2ccccc12)NC(=O)c1ccc2ccccc2c1. The number of nitrogens with one attached hydrogen (secondary N) is 1. The highest BCUT2D eigenvalue weighted by atomic mass is 16.2. The summed E-state index contributed by atoms with van der Waals surface area (Å²) in [5, 5.41) is 6.97. The molecule has 0 aromatic heterocycles. The van der Waals surface area contributed by atoms with Gasteiger partial charge in [-0.3, -0.25) is 9.59 Å². The molecule has 0 aliphatic heterocycles. The average molecular weight is 368 g/mol. The summed E-state index contributed by atoms with van der Waals surface area (Å²) in [6.07, 6.45) is 0.343. The third-order valence-corrected chi connectivity index (χ3v) is 4.96. The van der Waals surface area contributed by atoms with Crippen LogP contribution >= 0.6 is 0 Å². The Balaban J connectivity index is 1.59. The van der Waals surface area contributed by atoms with Crippen molar-refractivity contribution in [1.82, 2.24) is 5.32 Å². The molecule has 0 radical (unpaired) electrons. The van der Waals surface area contributed by atoms with Gasteiger partial charge in [-0.2, -0.15) is 0 Å². The van der Waals surface area contributed by atoms with Gasteiger partial charge < -0.3 is 11.1 Å². The number of fused-ring (bicyclic) bond motifs is 2. The summed E-state index contributed by atoms with van der Waals surface area (Å²) in [6, 6.07) is 26.4. The zero-order valence-electron chi connectivity index (χ0n) is 15.3. The number of rotatable bonds is 5. The number of carbonyl (C=O) groups is 2. The van der Waals surface area contributed by atoms with Gasteiger partial charge in [-0.05, 0) is 39.2 Å². The fourth-order valence-electron chi connectivity index (χ4n) is 3.49. The monoisotopic (exact) mass is 368 g/mol. The molecule has 4 heteroatoms. The van der Waals surface area contributed by atoms with E-state index in [4.69, 9.17) is 5.73 Å². The van der Waals surface area contributed by atoms with Crippen LogP contribution in [-0.4, -0.2) is 17.9 Å². The van der Waals surface area contributed by atoms with Crippen LogP contribution in [0, 0.1) is 0 Å². The van der Waals surface area contributed by atoms with E-state index >= 15 is 0 Å². The minimum atomic E-state index is -0.787. The second-order valence-corrected chi connectivity index (χ2v) is 6.83. The summed E-state index contributed by atoms with van der Waals surface area (Å²) in [6.45, 7) is 0. The summed E-state index contributed by atoms with van der Waals surface area (Å²) in [7, 11) is 0. The van der Waals surface area contributed by atoms with E-state index in [1.165, 1.54) is 0 Å². The van der Waals surface area contributed by atoms with Crippen molar-refractivity contribution in [3.63, 3.8) is 0 Å². The summed E-state index contributed by atoms with van der Waals surface area (Å²) in [4.78, 5) is 24.8. The number of hydrogen-bond donors (Lipinski definition) is 2. The maximum atomic E-state index is 12.7. The fourth-order valence-corrected chi connectivity index (χ4v) is 3.49. The molecule has 138 valence electrons. The van der Waals surface area contributed by atoms with Gasteiger partial charge in [0.15, 0.2) is 0 Å². The highest BCUT2D eigenvalue weighted by molar-refractivity contribution is 6.00. The molecule has 0 saturated carbocycles. The van der Waals surface area contributed by atoms with Gasteiger partial charge in [0.1, 0.15) is 6.04 Å². The van der Waals surface area contributed by atoms with Gasteiger partial charge in [0.05, 0.1) is 0 Å². The van der Waals surface area contributed by atoms with Crippen molar-refractivity contribution in [2.24, 2.45) is 5.73 Å². The fraction of sp³-hybridized carbons (Fsp3) is 0.0833. The van der Waals surface area contributed by atoms with E-state index < -0.39 is 11.9 Å². The van der Waals surface area contributed by atoms with Crippen LogP contribution in [0.2, 0.25) is 0 Å². The Hall–Kier alpha value is -3.66. The molecule has 0 bridgehead atoms. The predicted molar refractivity (Wildman–Crippen MR) is 112 cm³/mol. The first kappa shape index (κ1) is 17.7. The third kappa shape index (κ3) is 3.58. The van der Waals surface area contributed by atoms with Crippen molar-refractivity contribution in [2.45, 2.75) is 12.5 Å². The molecular formula is C24H20N2O2. The highest BCUT2D eigenvalue weighted by Crippen LogP contribution is 2.20. The van der Waals surface area contributed by atoms with E-state index in [-0.39, 0.29) is 5.91 Å². The number of nitrogens with two attached hydrogens (primary N) is 1. The van der Waals surface area contributed by atoms with Gasteiger partial charge in [-0.15, -0.1) is 0 Å². The average Bonchev–Trinajstić information content (AvgIpc) is 2.73. The molecule has 0 saturated heterocycles. The van der Waals surface area contributed by atoms with Crippen molar-refractivity contribution in [3.05, 3.63) is 96.1 Å². The minimum Gasteiger partial charge on any atom is -0.368 e. The number of amides is 2. The Morgan fingerprint density at radius 3 is 2.25 bits per heavy atom. The zero-order valence-corrected chi connectivity index (χ0v) is 15.3. The summed E-state index contributed by atoms with van der Waals surface area (Å²) < 4.78 is 0. The first-order valence-corrected chi connectivity index (χ1v) is 9.17. The largest absolute Gasteiger partial charge is 0.368 e. The maximum absolute atomic E-state index is 12.7. The van der Waals surface area contributed by atoms with E-state index in [1.54, 1.807) is 6.07 Å². The van der Waals surface area contributed by atoms with Gasteiger partial charge >= 0.3 is 0 Å².